The van der Waals surface area contributed by atoms with E-state index in [1.165, 1.54) is 17.0 Å². The minimum absolute atomic E-state index is 0.0114. The number of hydrogen-bond donors (Lipinski definition) is 1. The smallest absolute Gasteiger partial charge is 0.255 e. The molecule has 1 amide bonds. The van der Waals surface area contributed by atoms with Gasteiger partial charge in [-0.25, -0.2) is 13.6 Å². The molecule has 140 valence electrons. The van der Waals surface area contributed by atoms with E-state index >= 15 is 0 Å². The van der Waals surface area contributed by atoms with Gasteiger partial charge in [0.05, 0.1) is 21.5 Å². The van der Waals surface area contributed by atoms with Crippen molar-refractivity contribution in [3.63, 3.8) is 0 Å². The van der Waals surface area contributed by atoms with Crippen molar-refractivity contribution in [3.05, 3.63) is 58.6 Å². The van der Waals surface area contributed by atoms with Crippen molar-refractivity contribution in [2.75, 3.05) is 13.3 Å². The summed E-state index contributed by atoms with van der Waals surface area (Å²) in [6, 6.07) is 10.6. The lowest BCUT2D eigenvalue weighted by atomic mass is 10.1. The van der Waals surface area contributed by atoms with E-state index in [1.807, 2.05) is 19.1 Å². The van der Waals surface area contributed by atoms with Gasteiger partial charge in [0.2, 0.25) is 10.0 Å². The zero-order valence-corrected chi connectivity index (χ0v) is 16.9. The van der Waals surface area contributed by atoms with Crippen molar-refractivity contribution in [2.24, 2.45) is 5.14 Å². The number of benzene rings is 2. The number of halogens is 1. The van der Waals surface area contributed by atoms with Crippen molar-refractivity contribution < 1.29 is 17.4 Å². The lowest BCUT2D eigenvalue weighted by molar-refractivity contribution is 0.0742. The molecular weight excluding hydrogens is 396 g/mol. The molecule has 2 N–H and O–H groups in total. The molecule has 6 nitrogen and oxygen atoms in total. The fourth-order valence-corrected chi connectivity index (χ4v) is 3.76. The van der Waals surface area contributed by atoms with Crippen molar-refractivity contribution in [3.8, 4) is 0 Å². The maximum atomic E-state index is 12.7. The number of nitrogens with two attached hydrogens (primary N) is 1. The van der Waals surface area contributed by atoms with Crippen LogP contribution in [-0.2, 0) is 20.8 Å². The van der Waals surface area contributed by atoms with Gasteiger partial charge in [-0.05, 0) is 42.8 Å². The van der Waals surface area contributed by atoms with Crippen LogP contribution in [0.15, 0.2) is 52.3 Å². The van der Waals surface area contributed by atoms with E-state index < -0.39 is 20.8 Å². The predicted octanol–water partition coefficient (Wildman–Crippen LogP) is 2.56. The van der Waals surface area contributed by atoms with Crippen molar-refractivity contribution in [2.45, 2.75) is 22.8 Å². The number of amides is 1. The van der Waals surface area contributed by atoms with Crippen molar-refractivity contribution >= 4 is 38.3 Å². The van der Waals surface area contributed by atoms with Gasteiger partial charge in [0.15, 0.2) is 0 Å². The Hall–Kier alpha value is -1.74. The van der Waals surface area contributed by atoms with Gasteiger partial charge in [-0.15, -0.1) is 0 Å². The van der Waals surface area contributed by atoms with Gasteiger partial charge < -0.3 is 4.90 Å². The maximum Gasteiger partial charge on any atom is 0.255 e. The van der Waals surface area contributed by atoms with Gasteiger partial charge in [0.1, 0.15) is 0 Å². The van der Waals surface area contributed by atoms with Crippen LogP contribution in [0, 0.1) is 0 Å². The average Bonchev–Trinajstić information content (AvgIpc) is 2.59. The molecule has 0 saturated carbocycles. The Labute approximate surface area is 160 Å². The fourth-order valence-electron chi connectivity index (χ4n) is 2.37. The Morgan fingerprint density at radius 3 is 2.23 bits per heavy atom. The molecule has 2 aromatic carbocycles. The van der Waals surface area contributed by atoms with Gasteiger partial charge in [-0.2, -0.15) is 0 Å². The molecule has 0 radical (unpaired) electrons. The van der Waals surface area contributed by atoms with Gasteiger partial charge in [0, 0.05) is 29.0 Å². The Morgan fingerprint density at radius 1 is 1.19 bits per heavy atom. The summed E-state index contributed by atoms with van der Waals surface area (Å²) in [6.45, 7) is 1.85. The summed E-state index contributed by atoms with van der Waals surface area (Å²) < 4.78 is 34.2. The van der Waals surface area contributed by atoms with E-state index in [0.29, 0.717) is 4.90 Å². The summed E-state index contributed by atoms with van der Waals surface area (Å²) in [5.74, 6) is -0.355. The Kier molecular flexibility index (Phi) is 6.23. The lowest BCUT2D eigenvalue weighted by Gasteiger charge is -2.26. The standard InChI is InChI=1S/C17H19ClN2O4S2/c1-11(12-4-6-13(7-5-12)25(3)22)20(2)17(21)15-9-8-14(10-16(15)18)26(19,23)24/h4-11H,1-3H3,(H2,19,23,24). The number of carbonyl (C=O) groups excluding carboxylic acids is 1. The van der Waals surface area contributed by atoms with Crippen LogP contribution in [0.5, 0.6) is 0 Å². The summed E-state index contributed by atoms with van der Waals surface area (Å²) in [6.07, 6.45) is 1.60. The highest BCUT2D eigenvalue weighted by Crippen LogP contribution is 2.26. The lowest BCUT2D eigenvalue weighted by Crippen LogP contribution is -2.30. The topological polar surface area (TPSA) is 97.5 Å². The molecule has 0 bridgehead atoms. The second-order valence-corrected chi connectivity index (χ2v) is 9.15. The monoisotopic (exact) mass is 414 g/mol. The number of carbonyl (C=O) groups is 1. The molecule has 0 aliphatic rings. The van der Waals surface area contributed by atoms with Crippen LogP contribution < -0.4 is 5.14 Å². The molecule has 2 atom stereocenters. The third kappa shape index (κ3) is 4.50. The summed E-state index contributed by atoms with van der Waals surface area (Å²) >= 11 is 6.08. The molecule has 2 aromatic rings. The van der Waals surface area contributed by atoms with E-state index in [9.17, 15) is 17.4 Å². The van der Waals surface area contributed by atoms with E-state index in [1.54, 1.807) is 25.4 Å². The van der Waals surface area contributed by atoms with Crippen LogP contribution in [0.25, 0.3) is 0 Å². The molecule has 0 heterocycles. The molecule has 2 unspecified atom stereocenters. The first-order chi connectivity index (χ1) is 12.0. The van der Waals surface area contributed by atoms with Crippen LogP contribution in [0.2, 0.25) is 5.02 Å². The van der Waals surface area contributed by atoms with Gasteiger partial charge in [-0.3, -0.25) is 9.00 Å². The Bertz CT molecular complexity index is 959. The third-order valence-electron chi connectivity index (χ3n) is 4.10. The van der Waals surface area contributed by atoms with Crippen LogP contribution in [0.1, 0.15) is 28.9 Å². The quantitative estimate of drug-likeness (QED) is 0.812. The van der Waals surface area contributed by atoms with Crippen LogP contribution in [0.4, 0.5) is 0 Å². The van der Waals surface area contributed by atoms with E-state index in [0.717, 1.165) is 11.6 Å². The molecular formula is C17H19ClN2O4S2. The summed E-state index contributed by atoms with van der Waals surface area (Å²) in [7, 11) is -3.33. The van der Waals surface area contributed by atoms with Crippen LogP contribution in [0.3, 0.4) is 0 Å². The zero-order valence-electron chi connectivity index (χ0n) is 14.5. The minimum Gasteiger partial charge on any atom is -0.335 e. The molecule has 0 saturated heterocycles. The normalized spacial score (nSPS) is 13.9. The van der Waals surface area contributed by atoms with Gasteiger partial charge >= 0.3 is 0 Å². The number of rotatable bonds is 5. The maximum absolute atomic E-state index is 12.7. The summed E-state index contributed by atoms with van der Waals surface area (Å²) in [5, 5.41) is 5.08. The van der Waals surface area contributed by atoms with E-state index in [2.05, 4.69) is 0 Å². The largest absolute Gasteiger partial charge is 0.335 e. The molecule has 0 aliphatic heterocycles. The SMILES string of the molecule is CC(c1ccc(S(C)=O)cc1)N(C)C(=O)c1ccc(S(N)(=O)=O)cc1Cl. The highest BCUT2D eigenvalue weighted by Gasteiger charge is 2.22. The number of nitrogens with zero attached hydrogens (tertiary/aromatic N) is 1. The third-order valence-corrected chi connectivity index (χ3v) is 6.25. The number of hydrogen-bond acceptors (Lipinski definition) is 4. The molecule has 0 aromatic heterocycles. The Morgan fingerprint density at radius 2 is 1.77 bits per heavy atom. The first-order valence-corrected chi connectivity index (χ1v) is 11.0. The first-order valence-electron chi connectivity index (χ1n) is 7.55. The van der Waals surface area contributed by atoms with Gasteiger partial charge in [0.25, 0.3) is 5.91 Å². The molecule has 26 heavy (non-hydrogen) atoms. The molecule has 2 rings (SSSR count). The van der Waals surface area contributed by atoms with Crippen molar-refractivity contribution in [1.29, 1.82) is 0 Å². The summed E-state index contributed by atoms with van der Waals surface area (Å²) in [4.78, 5) is 14.8. The molecule has 0 spiro atoms. The molecule has 0 fully saturated rings. The zero-order chi connectivity index (χ0) is 19.6. The second-order valence-electron chi connectivity index (χ2n) is 5.80. The number of primary sulfonamides is 1. The second kappa shape index (κ2) is 7.87. The minimum atomic E-state index is -3.89. The highest BCUT2D eigenvalue weighted by molar-refractivity contribution is 7.89. The number of sulfonamides is 1. The average molecular weight is 415 g/mol. The molecule has 9 heteroatoms. The van der Waals surface area contributed by atoms with Crippen molar-refractivity contribution in [1.82, 2.24) is 4.90 Å². The van der Waals surface area contributed by atoms with Gasteiger partial charge in [-0.1, -0.05) is 23.7 Å². The van der Waals surface area contributed by atoms with Crippen LogP contribution >= 0.6 is 11.6 Å². The summed E-state index contributed by atoms with van der Waals surface area (Å²) in [5.41, 5.74) is 1.05. The van der Waals surface area contributed by atoms with E-state index in [4.69, 9.17) is 16.7 Å². The highest BCUT2D eigenvalue weighted by atomic mass is 35.5. The Balaban J connectivity index is 2.27. The van der Waals surface area contributed by atoms with Crippen LogP contribution in [-0.4, -0.2) is 36.7 Å². The fraction of sp³-hybridized carbons (Fsp3) is 0.235. The predicted molar refractivity (Wildman–Crippen MR) is 102 cm³/mol. The first kappa shape index (κ1) is 20.6. The van der Waals surface area contributed by atoms with E-state index in [-0.39, 0.29) is 27.4 Å². The molecule has 0 aliphatic carbocycles.